The normalized spacial score (nSPS) is 20.0. The van der Waals surface area contributed by atoms with Crippen molar-refractivity contribution in [3.05, 3.63) is 41.0 Å². The van der Waals surface area contributed by atoms with E-state index in [1.165, 1.54) is 21.0 Å². The van der Waals surface area contributed by atoms with Gasteiger partial charge in [0.2, 0.25) is 5.91 Å². The highest BCUT2D eigenvalue weighted by Gasteiger charge is 2.46. The minimum atomic E-state index is -0.443. The lowest BCUT2D eigenvalue weighted by atomic mass is 9.88. The predicted octanol–water partition coefficient (Wildman–Crippen LogP) is 1.90. The minimum absolute atomic E-state index is 0.0189. The van der Waals surface area contributed by atoms with Crippen molar-refractivity contribution in [3.63, 3.8) is 0 Å². The molecule has 1 aromatic rings. The molecular formula is C22H27N3O5. The van der Waals surface area contributed by atoms with E-state index < -0.39 is 5.97 Å². The van der Waals surface area contributed by atoms with Gasteiger partial charge < -0.3 is 20.3 Å². The Labute approximate surface area is 175 Å². The summed E-state index contributed by atoms with van der Waals surface area (Å²) in [6.07, 6.45) is 2.02. The van der Waals surface area contributed by atoms with Crippen LogP contribution in [0, 0.1) is 0 Å². The molecule has 0 spiro atoms. The van der Waals surface area contributed by atoms with Gasteiger partial charge in [0.1, 0.15) is 0 Å². The molecular weight excluding hydrogens is 386 g/mol. The fourth-order valence-corrected chi connectivity index (χ4v) is 4.27. The molecule has 8 nitrogen and oxygen atoms in total. The van der Waals surface area contributed by atoms with Gasteiger partial charge in [-0.1, -0.05) is 24.3 Å². The number of ether oxygens (including phenoxy) is 1. The van der Waals surface area contributed by atoms with Gasteiger partial charge in [0.05, 0.1) is 18.7 Å². The molecule has 2 aliphatic heterocycles. The van der Waals surface area contributed by atoms with Crippen molar-refractivity contribution in [1.29, 1.82) is 0 Å². The summed E-state index contributed by atoms with van der Waals surface area (Å²) in [4.78, 5) is 49.8. The Morgan fingerprint density at radius 2 is 1.70 bits per heavy atom. The largest absolute Gasteiger partial charge is 0.466 e. The zero-order chi connectivity index (χ0) is 21.8. The fraction of sp³-hybridized carbons (Fsp3) is 0.455. The van der Waals surface area contributed by atoms with E-state index in [0.717, 1.165) is 17.6 Å². The molecule has 8 heteroatoms. The standard InChI is InChI=1S/C22H27N3O5/c1-13(26)15-4-6-16(7-5-15)18-12-17-8-9-19(20(18)21(28)30-3)25(17)22(29)24-11-10-23-14(2)27/h4-7,17,19H,8-12H2,1-3H3,(H,23,27)(H,24,29)/t17-,19+/m0/s1. The number of nitrogens with zero attached hydrogens (tertiary/aromatic N) is 1. The monoisotopic (exact) mass is 413 g/mol. The van der Waals surface area contributed by atoms with Crippen LogP contribution in [0.2, 0.25) is 0 Å². The third-order valence-corrected chi connectivity index (χ3v) is 5.66. The van der Waals surface area contributed by atoms with Crippen LogP contribution in [0.1, 0.15) is 49.0 Å². The Morgan fingerprint density at radius 3 is 2.30 bits per heavy atom. The quantitative estimate of drug-likeness (QED) is 0.421. The van der Waals surface area contributed by atoms with E-state index in [9.17, 15) is 19.2 Å². The first-order valence-corrected chi connectivity index (χ1v) is 10.1. The van der Waals surface area contributed by atoms with Crippen LogP contribution in [0.15, 0.2) is 29.8 Å². The lowest BCUT2D eigenvalue weighted by Gasteiger charge is -2.37. The van der Waals surface area contributed by atoms with E-state index in [-0.39, 0.29) is 29.8 Å². The second-order valence-electron chi connectivity index (χ2n) is 7.59. The number of hydrogen-bond acceptors (Lipinski definition) is 5. The number of rotatable bonds is 6. The maximum Gasteiger partial charge on any atom is 0.336 e. The van der Waals surface area contributed by atoms with Crippen molar-refractivity contribution < 1.29 is 23.9 Å². The number of nitrogens with one attached hydrogen (secondary N) is 2. The molecule has 0 aliphatic carbocycles. The van der Waals surface area contributed by atoms with Gasteiger partial charge in [0.25, 0.3) is 0 Å². The van der Waals surface area contributed by atoms with Crippen molar-refractivity contribution in [2.24, 2.45) is 0 Å². The van der Waals surface area contributed by atoms with Crippen LogP contribution in [0.5, 0.6) is 0 Å². The first-order valence-electron chi connectivity index (χ1n) is 10.1. The van der Waals surface area contributed by atoms with Crippen LogP contribution in [0.4, 0.5) is 4.79 Å². The SMILES string of the molecule is COC(=O)C1=C(c2ccc(C(C)=O)cc2)C[C@@H]2CC[C@H]1N2C(=O)NCCNC(C)=O. The number of ketones is 1. The summed E-state index contributed by atoms with van der Waals surface area (Å²) in [5, 5.41) is 5.46. The van der Waals surface area contributed by atoms with Crippen molar-refractivity contribution in [1.82, 2.24) is 15.5 Å². The summed E-state index contributed by atoms with van der Waals surface area (Å²) in [6, 6.07) is 6.56. The van der Waals surface area contributed by atoms with E-state index in [1.807, 2.05) is 12.1 Å². The van der Waals surface area contributed by atoms with Crippen LogP contribution >= 0.6 is 0 Å². The summed E-state index contributed by atoms with van der Waals surface area (Å²) in [5.74, 6) is -0.616. The Morgan fingerprint density at radius 1 is 1.03 bits per heavy atom. The van der Waals surface area contributed by atoms with Gasteiger partial charge in [0, 0.05) is 31.6 Å². The third-order valence-electron chi connectivity index (χ3n) is 5.66. The molecule has 0 radical (unpaired) electrons. The average Bonchev–Trinajstić information content (AvgIpc) is 3.04. The van der Waals surface area contributed by atoms with E-state index in [0.29, 0.717) is 37.1 Å². The smallest absolute Gasteiger partial charge is 0.336 e. The third kappa shape index (κ3) is 4.37. The molecule has 0 unspecified atom stereocenters. The Balaban J connectivity index is 1.86. The number of Topliss-reactive ketones (excluding diaryl/α,β-unsaturated/α-hetero) is 1. The van der Waals surface area contributed by atoms with E-state index >= 15 is 0 Å². The molecule has 1 saturated heterocycles. The molecule has 1 aromatic carbocycles. The Kier molecular flexibility index (Phi) is 6.54. The van der Waals surface area contributed by atoms with Crippen LogP contribution in [0.3, 0.4) is 0 Å². The molecule has 2 heterocycles. The van der Waals surface area contributed by atoms with Gasteiger partial charge in [0.15, 0.2) is 5.78 Å². The van der Waals surface area contributed by atoms with E-state index in [2.05, 4.69) is 10.6 Å². The second kappa shape index (κ2) is 9.11. The molecule has 2 atom stereocenters. The first kappa shape index (κ1) is 21.5. The van der Waals surface area contributed by atoms with Crippen molar-refractivity contribution in [2.75, 3.05) is 20.2 Å². The summed E-state index contributed by atoms with van der Waals surface area (Å²) in [6.45, 7) is 3.59. The number of amides is 3. The van der Waals surface area contributed by atoms with E-state index in [4.69, 9.17) is 4.74 Å². The summed E-state index contributed by atoms with van der Waals surface area (Å²) in [7, 11) is 1.34. The number of urea groups is 1. The zero-order valence-corrected chi connectivity index (χ0v) is 17.5. The van der Waals surface area contributed by atoms with Crippen molar-refractivity contribution in [2.45, 2.75) is 45.2 Å². The minimum Gasteiger partial charge on any atom is -0.466 e. The summed E-state index contributed by atoms with van der Waals surface area (Å²) < 4.78 is 5.05. The molecule has 3 amide bonds. The predicted molar refractivity (Wildman–Crippen MR) is 111 cm³/mol. The number of hydrogen-bond donors (Lipinski definition) is 2. The number of esters is 1. The van der Waals surface area contributed by atoms with Crippen LogP contribution in [0.25, 0.3) is 5.57 Å². The highest BCUT2D eigenvalue weighted by Crippen LogP contribution is 2.43. The molecule has 0 aromatic heterocycles. The molecule has 2 bridgehead atoms. The summed E-state index contributed by atoms with van der Waals surface area (Å²) >= 11 is 0. The topological polar surface area (TPSA) is 105 Å². The van der Waals surface area contributed by atoms with Gasteiger partial charge in [-0.25, -0.2) is 9.59 Å². The Hall–Kier alpha value is -3.16. The average molecular weight is 413 g/mol. The van der Waals surface area contributed by atoms with Crippen LogP contribution in [-0.4, -0.2) is 60.9 Å². The van der Waals surface area contributed by atoms with Crippen molar-refractivity contribution >= 4 is 29.3 Å². The van der Waals surface area contributed by atoms with Gasteiger partial charge >= 0.3 is 12.0 Å². The lowest BCUT2D eigenvalue weighted by Crippen LogP contribution is -2.51. The molecule has 2 aliphatic rings. The highest BCUT2D eigenvalue weighted by molar-refractivity contribution is 6.01. The first-order chi connectivity index (χ1) is 14.3. The molecule has 0 saturated carbocycles. The van der Waals surface area contributed by atoms with Crippen LogP contribution < -0.4 is 10.6 Å². The summed E-state index contributed by atoms with van der Waals surface area (Å²) in [5.41, 5.74) is 2.84. The Bertz CT molecular complexity index is 891. The second-order valence-corrected chi connectivity index (χ2v) is 7.59. The number of carbonyl (C=O) groups excluding carboxylic acids is 4. The number of benzene rings is 1. The number of carbonyl (C=O) groups is 4. The lowest BCUT2D eigenvalue weighted by molar-refractivity contribution is -0.136. The molecule has 2 N–H and O–H groups in total. The number of methoxy groups -OCH3 is 1. The maximum atomic E-state index is 12.8. The van der Waals surface area contributed by atoms with Gasteiger partial charge in [-0.15, -0.1) is 0 Å². The highest BCUT2D eigenvalue weighted by atomic mass is 16.5. The van der Waals surface area contributed by atoms with Gasteiger partial charge in [-0.05, 0) is 37.3 Å². The maximum absolute atomic E-state index is 12.8. The van der Waals surface area contributed by atoms with Gasteiger partial charge in [-0.3, -0.25) is 9.59 Å². The van der Waals surface area contributed by atoms with Crippen LogP contribution in [-0.2, 0) is 14.3 Å². The zero-order valence-electron chi connectivity index (χ0n) is 17.5. The fourth-order valence-electron chi connectivity index (χ4n) is 4.27. The molecule has 30 heavy (non-hydrogen) atoms. The molecule has 160 valence electrons. The molecule has 3 rings (SSSR count). The molecule has 1 fully saturated rings. The van der Waals surface area contributed by atoms with E-state index in [1.54, 1.807) is 17.0 Å². The number of fused-ring (bicyclic) bond motifs is 2. The van der Waals surface area contributed by atoms with Crippen molar-refractivity contribution in [3.8, 4) is 0 Å². The van der Waals surface area contributed by atoms with Gasteiger partial charge in [-0.2, -0.15) is 0 Å².